The number of hydrogen-bond donors (Lipinski definition) is 3. The predicted molar refractivity (Wildman–Crippen MR) is 182 cm³/mol. The van der Waals surface area contributed by atoms with Crippen molar-refractivity contribution in [2.45, 2.75) is 122 Å². The quantitative estimate of drug-likeness (QED) is 0.277. The maximum Gasteiger partial charge on any atom is 0.224 e. The highest BCUT2D eigenvalue weighted by Crippen LogP contribution is 2.48. The Hall–Kier alpha value is -3.25. The number of nitrogen functional groups attached to an aromatic ring is 2. The molecule has 46 heavy (non-hydrogen) atoms. The Labute approximate surface area is 274 Å². The van der Waals surface area contributed by atoms with Crippen LogP contribution in [0.15, 0.2) is 37.3 Å². The predicted octanol–water partition coefficient (Wildman–Crippen LogP) is 5.35. The van der Waals surface area contributed by atoms with E-state index in [1.807, 2.05) is 43.9 Å². The Morgan fingerprint density at radius 1 is 1.22 bits per heavy atom. The number of nitrogens with two attached hydrogens (primary N) is 2. The summed E-state index contributed by atoms with van der Waals surface area (Å²) in [5.74, 6) is 0.691. The second-order valence-electron chi connectivity index (χ2n) is 14.9. The van der Waals surface area contributed by atoms with Crippen molar-refractivity contribution in [3.05, 3.63) is 48.4 Å². The normalized spacial score (nSPS) is 27.0. The number of nitrogens with zero attached hydrogens (tertiary/aromatic N) is 4. The number of fused-ring (bicyclic) bond motifs is 1. The van der Waals surface area contributed by atoms with Crippen LogP contribution in [-0.2, 0) is 24.4 Å². The van der Waals surface area contributed by atoms with E-state index in [1.165, 1.54) is 6.33 Å². The fraction of sp³-hybridized carbons (Fsp3) is 0.629. The molecular formula is C35H53N7O4. The van der Waals surface area contributed by atoms with E-state index in [4.69, 9.17) is 25.7 Å². The minimum Gasteiger partial charge on any atom is -0.397 e. The van der Waals surface area contributed by atoms with Crippen LogP contribution >= 0.6 is 0 Å². The summed E-state index contributed by atoms with van der Waals surface area (Å²) >= 11 is 0. The van der Waals surface area contributed by atoms with Gasteiger partial charge in [-0.1, -0.05) is 33.4 Å². The van der Waals surface area contributed by atoms with Gasteiger partial charge >= 0.3 is 0 Å². The molecule has 1 saturated carbocycles. The van der Waals surface area contributed by atoms with Crippen LogP contribution < -0.4 is 21.7 Å². The topological polar surface area (TPSA) is 141 Å². The van der Waals surface area contributed by atoms with Crippen LogP contribution in [0.25, 0.3) is 0 Å². The zero-order valence-corrected chi connectivity index (χ0v) is 28.8. The molecule has 0 unspecified atom stereocenters. The van der Waals surface area contributed by atoms with E-state index in [1.54, 1.807) is 6.20 Å². The summed E-state index contributed by atoms with van der Waals surface area (Å²) in [4.78, 5) is 25.9. The Balaban J connectivity index is 1.19. The molecule has 252 valence electrons. The number of rotatable bonds is 11. The third kappa shape index (κ3) is 6.74. The van der Waals surface area contributed by atoms with Crippen molar-refractivity contribution in [1.29, 1.82) is 0 Å². The van der Waals surface area contributed by atoms with E-state index in [9.17, 15) is 4.79 Å². The third-order valence-corrected chi connectivity index (χ3v) is 9.74. The molecule has 1 aromatic heterocycles. The van der Waals surface area contributed by atoms with E-state index in [0.717, 1.165) is 30.4 Å². The Morgan fingerprint density at radius 2 is 1.93 bits per heavy atom. The first kappa shape index (κ1) is 34.1. The van der Waals surface area contributed by atoms with Crippen molar-refractivity contribution in [3.63, 3.8) is 0 Å². The first-order valence-corrected chi connectivity index (χ1v) is 16.5. The van der Waals surface area contributed by atoms with Crippen LogP contribution in [0, 0.1) is 12.8 Å². The van der Waals surface area contributed by atoms with Gasteiger partial charge in [0.25, 0.3) is 0 Å². The molecule has 1 aliphatic carbocycles. The number of carbonyl (C=O) groups excluding carboxylic acids is 1. The number of hydrogen-bond acceptors (Lipinski definition) is 10. The van der Waals surface area contributed by atoms with Gasteiger partial charge in [0.2, 0.25) is 11.6 Å². The molecular weight excluding hydrogens is 582 g/mol. The lowest BCUT2D eigenvalue weighted by Crippen LogP contribution is -2.57. The van der Waals surface area contributed by atoms with Crippen molar-refractivity contribution >= 4 is 28.9 Å². The Kier molecular flexibility index (Phi) is 9.45. The number of aromatic nitrogens is 2. The molecule has 5 rings (SSSR count). The molecule has 5 N–H and O–H groups in total. The minimum absolute atomic E-state index is 0.000455. The van der Waals surface area contributed by atoms with Gasteiger partial charge in [-0.25, -0.2) is 9.97 Å². The number of benzene rings is 1. The molecule has 0 spiro atoms. The average molecular weight is 636 g/mol. The molecule has 11 nitrogen and oxygen atoms in total. The van der Waals surface area contributed by atoms with Crippen molar-refractivity contribution in [1.82, 2.24) is 14.9 Å². The number of carbonyl (C=O) groups is 1. The fourth-order valence-corrected chi connectivity index (χ4v) is 7.11. The lowest BCUT2D eigenvalue weighted by Gasteiger charge is -2.46. The van der Waals surface area contributed by atoms with Crippen LogP contribution in [0.1, 0.15) is 85.3 Å². The molecule has 2 aromatic rings. The van der Waals surface area contributed by atoms with Crippen LogP contribution in [0.2, 0.25) is 0 Å². The molecule has 3 atom stereocenters. The molecule has 2 saturated heterocycles. The molecule has 2 aliphatic heterocycles. The second kappa shape index (κ2) is 12.7. The van der Waals surface area contributed by atoms with E-state index in [0.29, 0.717) is 60.6 Å². The highest BCUT2D eigenvalue weighted by molar-refractivity contribution is 5.93. The highest BCUT2D eigenvalue weighted by Gasteiger charge is 2.64. The first-order chi connectivity index (χ1) is 21.5. The number of anilines is 4. The van der Waals surface area contributed by atoms with E-state index in [2.05, 4.69) is 61.4 Å². The second-order valence-corrected chi connectivity index (χ2v) is 14.9. The number of ether oxygens (including phenoxy) is 3. The smallest absolute Gasteiger partial charge is 0.224 e. The van der Waals surface area contributed by atoms with Crippen LogP contribution in [-0.4, -0.2) is 69.7 Å². The molecule has 1 amide bonds. The monoisotopic (exact) mass is 635 g/mol. The van der Waals surface area contributed by atoms with Gasteiger partial charge in [-0.05, 0) is 82.9 Å². The molecule has 0 radical (unpaired) electrons. The largest absolute Gasteiger partial charge is 0.397 e. The van der Waals surface area contributed by atoms with Crippen molar-refractivity contribution in [2.75, 3.05) is 34.8 Å². The van der Waals surface area contributed by atoms with Gasteiger partial charge in [0.1, 0.15) is 30.2 Å². The summed E-state index contributed by atoms with van der Waals surface area (Å²) in [5.41, 5.74) is 14.6. The summed E-state index contributed by atoms with van der Waals surface area (Å²) in [6.45, 7) is 21.7. The Bertz CT molecular complexity index is 1430. The summed E-state index contributed by atoms with van der Waals surface area (Å²) in [7, 11) is 0. The SMILES string of the molecule is C=CN(c1ncnc(N)c1C)[C@]12CO[C@H](CN(C(C)C)C3CC(CCC(=O)Nc4ccc(C(C)(C)C)cc4N)C3)[C@H]1OC(C)(C)O2. The zero-order chi connectivity index (χ0) is 33.6. The van der Waals surface area contributed by atoms with Crippen LogP contribution in [0.5, 0.6) is 0 Å². The fourth-order valence-electron chi connectivity index (χ4n) is 7.11. The van der Waals surface area contributed by atoms with Gasteiger partial charge in [-0.15, -0.1) is 0 Å². The minimum atomic E-state index is -0.948. The van der Waals surface area contributed by atoms with Gasteiger partial charge in [0.15, 0.2) is 5.79 Å². The molecule has 11 heteroatoms. The van der Waals surface area contributed by atoms with Crippen LogP contribution in [0.3, 0.4) is 0 Å². The first-order valence-electron chi connectivity index (χ1n) is 16.5. The molecule has 3 aliphatic rings. The molecule has 0 bridgehead atoms. The van der Waals surface area contributed by atoms with Gasteiger partial charge in [0, 0.05) is 36.8 Å². The lowest BCUT2D eigenvalue weighted by molar-refractivity contribution is -0.191. The van der Waals surface area contributed by atoms with Crippen molar-refractivity contribution in [2.24, 2.45) is 5.92 Å². The van der Waals surface area contributed by atoms with E-state index < -0.39 is 11.5 Å². The molecule has 1 aromatic carbocycles. The van der Waals surface area contributed by atoms with Gasteiger partial charge in [-0.3, -0.25) is 14.6 Å². The summed E-state index contributed by atoms with van der Waals surface area (Å²) < 4.78 is 19.6. The van der Waals surface area contributed by atoms with E-state index in [-0.39, 0.29) is 23.5 Å². The average Bonchev–Trinajstić information content (AvgIpc) is 3.40. The summed E-state index contributed by atoms with van der Waals surface area (Å²) in [5, 5.41) is 3.01. The maximum atomic E-state index is 12.8. The van der Waals surface area contributed by atoms with E-state index >= 15 is 0 Å². The van der Waals surface area contributed by atoms with Gasteiger partial charge < -0.3 is 31.0 Å². The van der Waals surface area contributed by atoms with Crippen molar-refractivity contribution in [3.8, 4) is 0 Å². The molecule has 3 fully saturated rings. The maximum absolute atomic E-state index is 12.8. The molecule has 3 heterocycles. The highest BCUT2D eigenvalue weighted by atomic mass is 16.8. The Morgan fingerprint density at radius 3 is 2.57 bits per heavy atom. The number of amides is 1. The summed E-state index contributed by atoms with van der Waals surface area (Å²) in [6, 6.07) is 6.61. The standard InChI is InChI=1S/C35H53N7O4/c1-10-42(32-22(4)31(37)38-20-39-32)35-19-44-28(30(35)45-34(8,9)46-35)18-41(21(2)3)25-15-23(16-25)11-14-29(43)40-27-13-12-24(17-26(27)36)33(5,6)7/h10,12-13,17,20-21,23,25,28,30H,1,11,14-16,18-19,36H2,2-9H3,(H,40,43)(H2,37,38,39)/t23?,25?,28-,30-,35+/m1/s1. The number of nitrogens with one attached hydrogen (secondary N) is 1. The van der Waals surface area contributed by atoms with Gasteiger partial charge in [0.05, 0.1) is 18.0 Å². The third-order valence-electron chi connectivity index (χ3n) is 9.74. The zero-order valence-electron chi connectivity index (χ0n) is 28.8. The van der Waals surface area contributed by atoms with Gasteiger partial charge in [-0.2, -0.15) is 0 Å². The van der Waals surface area contributed by atoms with Crippen molar-refractivity contribution < 1.29 is 19.0 Å². The lowest BCUT2D eigenvalue weighted by atomic mass is 9.76. The van der Waals surface area contributed by atoms with Crippen LogP contribution in [0.4, 0.5) is 23.0 Å². The summed E-state index contributed by atoms with van der Waals surface area (Å²) in [6.07, 6.45) is 5.94.